The third-order valence-corrected chi connectivity index (χ3v) is 5.39. The number of carbonyl (C=O) groups is 4. The van der Waals surface area contributed by atoms with Gasteiger partial charge in [0.15, 0.2) is 11.9 Å². The van der Waals surface area contributed by atoms with Crippen LogP contribution in [0.5, 0.6) is 0 Å². The molecule has 3 rings (SSSR count). The van der Waals surface area contributed by atoms with Crippen LogP contribution in [0.2, 0.25) is 0 Å². The van der Waals surface area contributed by atoms with E-state index in [0.29, 0.717) is 28.2 Å². The molecule has 2 aromatic heterocycles. The molecule has 0 saturated carbocycles. The molecule has 0 amide bonds. The van der Waals surface area contributed by atoms with Crippen molar-refractivity contribution in [1.82, 2.24) is 14.8 Å². The van der Waals surface area contributed by atoms with E-state index in [0.717, 1.165) is 5.69 Å². The van der Waals surface area contributed by atoms with E-state index in [1.54, 1.807) is 32.4 Å². The average molecular weight is 435 g/mol. The highest BCUT2D eigenvalue weighted by Gasteiger charge is 2.31. The van der Waals surface area contributed by atoms with Crippen LogP contribution < -0.4 is 0 Å². The van der Waals surface area contributed by atoms with Gasteiger partial charge >= 0.3 is 5.97 Å². The maximum absolute atomic E-state index is 12.8. The second kappa shape index (κ2) is 8.74. The van der Waals surface area contributed by atoms with Gasteiger partial charge < -0.3 is 9.72 Å². The number of hydrogen-bond acceptors (Lipinski definition) is 6. The number of nitrogens with zero attached hydrogens (tertiary/aromatic N) is 2. The van der Waals surface area contributed by atoms with E-state index in [1.165, 1.54) is 13.8 Å². The van der Waals surface area contributed by atoms with Crippen LogP contribution >= 0.6 is 0 Å². The molecule has 0 aliphatic heterocycles. The molecule has 0 aliphatic carbocycles. The number of ether oxygens (including phenoxy) is 1. The first kappa shape index (κ1) is 22.9. The second-order valence-corrected chi connectivity index (χ2v) is 7.72. The molecule has 2 heterocycles. The number of rotatable bonds is 7. The largest absolute Gasteiger partial charge is 0.448 e. The molecule has 32 heavy (non-hydrogen) atoms. The van der Waals surface area contributed by atoms with Crippen LogP contribution in [-0.2, 0) is 9.53 Å². The van der Waals surface area contributed by atoms with Gasteiger partial charge in [0.05, 0.1) is 28.3 Å². The molecule has 0 fully saturated rings. The number of para-hydroxylation sites is 1. The van der Waals surface area contributed by atoms with Gasteiger partial charge in [-0.25, -0.2) is 9.48 Å². The zero-order valence-corrected chi connectivity index (χ0v) is 18.9. The summed E-state index contributed by atoms with van der Waals surface area (Å²) in [6.45, 7) is 9.48. The molecule has 0 bridgehead atoms. The van der Waals surface area contributed by atoms with Gasteiger partial charge in [-0.1, -0.05) is 18.2 Å². The van der Waals surface area contributed by atoms with E-state index in [2.05, 4.69) is 10.1 Å². The van der Waals surface area contributed by atoms with Gasteiger partial charge in [-0.3, -0.25) is 14.4 Å². The Balaban J connectivity index is 1.82. The van der Waals surface area contributed by atoms with Crippen molar-refractivity contribution in [2.75, 3.05) is 0 Å². The summed E-state index contributed by atoms with van der Waals surface area (Å²) in [6, 6.07) is 9.22. The van der Waals surface area contributed by atoms with Gasteiger partial charge in [0.1, 0.15) is 0 Å². The van der Waals surface area contributed by atoms with E-state index >= 15 is 0 Å². The minimum atomic E-state index is -1.22. The van der Waals surface area contributed by atoms with Crippen molar-refractivity contribution in [3.05, 3.63) is 69.8 Å². The van der Waals surface area contributed by atoms with Crippen LogP contribution in [-0.4, -0.2) is 44.2 Å². The van der Waals surface area contributed by atoms with Crippen LogP contribution in [0.15, 0.2) is 30.3 Å². The molecule has 8 nitrogen and oxygen atoms in total. The number of carbonyl (C=O) groups excluding carboxylic acids is 4. The zero-order chi connectivity index (χ0) is 23.7. The van der Waals surface area contributed by atoms with Crippen molar-refractivity contribution in [1.29, 1.82) is 0 Å². The topological polar surface area (TPSA) is 111 Å². The van der Waals surface area contributed by atoms with E-state index in [1.807, 2.05) is 30.3 Å². The highest BCUT2D eigenvalue weighted by atomic mass is 16.6. The molecular weight excluding hydrogens is 410 g/mol. The van der Waals surface area contributed by atoms with E-state index in [-0.39, 0.29) is 17.0 Å². The number of esters is 1. The lowest BCUT2D eigenvalue weighted by Gasteiger charge is -2.12. The van der Waals surface area contributed by atoms with Crippen LogP contribution in [0, 0.1) is 27.7 Å². The Hall–Kier alpha value is -3.81. The number of hydrogen-bond donors (Lipinski definition) is 1. The zero-order valence-electron chi connectivity index (χ0n) is 18.9. The van der Waals surface area contributed by atoms with Gasteiger partial charge in [-0.2, -0.15) is 5.10 Å². The standard InChI is InChI=1S/C24H25N3O5/c1-12-19(16(5)28)13(2)25-21(12)22(29)17(6)32-24(31)23(30)20-14(3)26-27(15(20)4)18-10-8-7-9-11-18/h7-11,17,25H,1-6H3. The summed E-state index contributed by atoms with van der Waals surface area (Å²) in [7, 11) is 0. The number of aromatic amines is 1. The minimum Gasteiger partial charge on any atom is -0.448 e. The minimum absolute atomic E-state index is 0.143. The van der Waals surface area contributed by atoms with Crippen LogP contribution in [0.25, 0.3) is 5.69 Å². The normalized spacial score (nSPS) is 11.8. The Morgan fingerprint density at radius 2 is 1.62 bits per heavy atom. The molecule has 166 valence electrons. The SMILES string of the molecule is CC(=O)c1c(C)[nH]c(C(=O)C(C)OC(=O)C(=O)c2c(C)nn(-c3ccccc3)c2C)c1C. The summed E-state index contributed by atoms with van der Waals surface area (Å²) < 4.78 is 6.77. The molecular formula is C24H25N3O5. The Morgan fingerprint density at radius 1 is 1.00 bits per heavy atom. The summed E-state index contributed by atoms with van der Waals surface area (Å²) in [5.74, 6) is -2.70. The Bertz CT molecular complexity index is 1230. The predicted octanol–water partition coefficient (Wildman–Crippen LogP) is 3.63. The first-order valence-electron chi connectivity index (χ1n) is 10.2. The smallest absolute Gasteiger partial charge is 0.380 e. The quantitative estimate of drug-likeness (QED) is 0.345. The number of ketones is 3. The van der Waals surface area contributed by atoms with Gasteiger partial charge in [-0.15, -0.1) is 0 Å². The van der Waals surface area contributed by atoms with E-state index in [4.69, 9.17) is 4.74 Å². The molecule has 1 atom stereocenters. The van der Waals surface area contributed by atoms with Crippen molar-refractivity contribution in [2.24, 2.45) is 0 Å². The van der Waals surface area contributed by atoms with Crippen molar-refractivity contribution in [3.63, 3.8) is 0 Å². The maximum Gasteiger partial charge on any atom is 0.380 e. The number of aryl methyl sites for hydroxylation is 2. The summed E-state index contributed by atoms with van der Waals surface area (Å²) in [5, 5.41) is 4.37. The van der Waals surface area contributed by atoms with Crippen LogP contribution in [0.1, 0.15) is 67.7 Å². The number of aromatic nitrogens is 3. The van der Waals surface area contributed by atoms with Gasteiger partial charge in [0, 0.05) is 11.3 Å². The van der Waals surface area contributed by atoms with Gasteiger partial charge in [0.25, 0.3) is 5.78 Å². The Morgan fingerprint density at radius 3 is 2.19 bits per heavy atom. The Labute approximate surface area is 185 Å². The van der Waals surface area contributed by atoms with Crippen molar-refractivity contribution < 1.29 is 23.9 Å². The fourth-order valence-electron chi connectivity index (χ4n) is 3.89. The molecule has 8 heteroatoms. The number of Topliss-reactive ketones (excluding diaryl/α,β-unsaturated/α-hetero) is 3. The third kappa shape index (κ3) is 4.03. The second-order valence-electron chi connectivity index (χ2n) is 7.72. The van der Waals surface area contributed by atoms with Crippen molar-refractivity contribution in [3.8, 4) is 5.69 Å². The summed E-state index contributed by atoms with van der Waals surface area (Å²) in [6.07, 6.45) is -1.22. The fraction of sp³-hybridized carbons (Fsp3) is 0.292. The lowest BCUT2D eigenvalue weighted by molar-refractivity contribution is -0.140. The highest BCUT2D eigenvalue weighted by molar-refractivity contribution is 6.41. The van der Waals surface area contributed by atoms with Crippen LogP contribution in [0.4, 0.5) is 0 Å². The summed E-state index contributed by atoms with van der Waals surface area (Å²) in [4.78, 5) is 53.0. The van der Waals surface area contributed by atoms with Crippen molar-refractivity contribution >= 4 is 23.3 Å². The molecule has 0 saturated heterocycles. The molecule has 0 radical (unpaired) electrons. The van der Waals surface area contributed by atoms with Crippen LogP contribution in [0.3, 0.4) is 0 Å². The number of H-pyrrole nitrogens is 1. The van der Waals surface area contributed by atoms with Gasteiger partial charge in [0.2, 0.25) is 5.78 Å². The van der Waals surface area contributed by atoms with Gasteiger partial charge in [-0.05, 0) is 59.2 Å². The lowest BCUT2D eigenvalue weighted by atomic mass is 10.0. The average Bonchev–Trinajstić information content (AvgIpc) is 3.21. The molecule has 0 aliphatic rings. The first-order chi connectivity index (χ1) is 15.0. The molecule has 3 aromatic rings. The molecule has 1 unspecified atom stereocenters. The molecule has 0 spiro atoms. The number of nitrogens with one attached hydrogen (secondary N) is 1. The lowest BCUT2D eigenvalue weighted by Crippen LogP contribution is -2.29. The highest BCUT2D eigenvalue weighted by Crippen LogP contribution is 2.22. The maximum atomic E-state index is 12.8. The fourth-order valence-corrected chi connectivity index (χ4v) is 3.89. The third-order valence-electron chi connectivity index (χ3n) is 5.39. The summed E-state index contributed by atoms with van der Waals surface area (Å²) in [5.41, 5.74) is 3.45. The molecule has 1 aromatic carbocycles. The summed E-state index contributed by atoms with van der Waals surface area (Å²) >= 11 is 0. The van der Waals surface area contributed by atoms with E-state index < -0.39 is 23.6 Å². The first-order valence-corrected chi connectivity index (χ1v) is 10.2. The predicted molar refractivity (Wildman–Crippen MR) is 118 cm³/mol. The molecule has 1 N–H and O–H groups in total. The Kier molecular flexibility index (Phi) is 6.25. The monoisotopic (exact) mass is 435 g/mol. The van der Waals surface area contributed by atoms with Crippen molar-refractivity contribution in [2.45, 2.75) is 47.6 Å². The van der Waals surface area contributed by atoms with E-state index in [9.17, 15) is 19.2 Å². The number of benzene rings is 1.